The molecule has 4 N–H and O–H groups in total. The van der Waals surface area contributed by atoms with Crippen molar-refractivity contribution in [3.05, 3.63) is 0 Å². The normalized spacial score (nSPS) is 13.2. The fourth-order valence-electron chi connectivity index (χ4n) is 1.10. The van der Waals surface area contributed by atoms with Crippen LogP contribution >= 0.6 is 0 Å². The second-order valence-electron chi connectivity index (χ2n) is 2.96. The van der Waals surface area contributed by atoms with Crippen molar-refractivity contribution in [3.63, 3.8) is 0 Å². The summed E-state index contributed by atoms with van der Waals surface area (Å²) >= 11 is 0. The summed E-state index contributed by atoms with van der Waals surface area (Å²) in [6.45, 7) is 0. The first-order valence-corrected chi connectivity index (χ1v) is 4.34. The van der Waals surface area contributed by atoms with Crippen molar-refractivity contribution < 1.29 is 15.0 Å². The second-order valence-corrected chi connectivity index (χ2v) is 2.96. The third-order valence-electron chi connectivity index (χ3n) is 1.90. The molecule has 0 radical (unpaired) electrons. The molecule has 0 aromatic carbocycles. The molecule has 0 aliphatic heterocycles. The van der Waals surface area contributed by atoms with E-state index in [0.29, 0.717) is 12.8 Å². The van der Waals surface area contributed by atoms with E-state index in [-0.39, 0.29) is 12.6 Å². The molecule has 5 nitrogen and oxygen atoms in total. The Morgan fingerprint density at radius 2 is 1.85 bits per heavy atom. The molecule has 1 atom stereocenters. The molecule has 0 saturated heterocycles. The van der Waals surface area contributed by atoms with Crippen molar-refractivity contribution in [1.82, 2.24) is 10.6 Å². The number of carbonyl (C=O) groups is 1. The molecule has 0 spiro atoms. The van der Waals surface area contributed by atoms with Crippen LogP contribution in [0.25, 0.3) is 0 Å². The Balaban J connectivity index is 3.55. The Bertz CT molecular complexity index is 148. The molecule has 78 valence electrons. The molecule has 0 saturated carbocycles. The molecule has 5 heteroatoms. The zero-order valence-corrected chi connectivity index (χ0v) is 8.08. The van der Waals surface area contributed by atoms with Crippen molar-refractivity contribution in [2.24, 2.45) is 0 Å². The van der Waals surface area contributed by atoms with Gasteiger partial charge in [0.2, 0.25) is 0 Å². The largest absolute Gasteiger partial charge is 0.481 e. The highest BCUT2D eigenvalue weighted by atomic mass is 16.4. The van der Waals surface area contributed by atoms with Crippen molar-refractivity contribution in [3.8, 4) is 0 Å². The Labute approximate surface area is 78.1 Å². The summed E-state index contributed by atoms with van der Waals surface area (Å²) in [5, 5.41) is 23.6. The first-order valence-electron chi connectivity index (χ1n) is 4.34. The van der Waals surface area contributed by atoms with Crippen molar-refractivity contribution >= 4 is 5.97 Å². The number of aliphatic carboxylic acids is 1. The predicted octanol–water partition coefficient (Wildman–Crippen LogP) is -0.633. The number of aliphatic hydroxyl groups excluding tert-OH is 1. The Morgan fingerprint density at radius 1 is 1.31 bits per heavy atom. The van der Waals surface area contributed by atoms with Gasteiger partial charge in [0.25, 0.3) is 0 Å². The number of aliphatic hydroxyl groups is 1. The molecule has 0 amide bonds. The smallest absolute Gasteiger partial charge is 0.305 e. The van der Waals surface area contributed by atoms with Crippen LogP contribution in [0, 0.1) is 0 Å². The monoisotopic (exact) mass is 190 g/mol. The maximum Gasteiger partial charge on any atom is 0.305 e. The van der Waals surface area contributed by atoms with E-state index in [1.54, 1.807) is 0 Å². The Hall–Kier alpha value is -0.650. The quantitative estimate of drug-likeness (QED) is 0.402. The van der Waals surface area contributed by atoms with Gasteiger partial charge in [-0.2, -0.15) is 0 Å². The van der Waals surface area contributed by atoms with Crippen LogP contribution < -0.4 is 10.6 Å². The number of carboxylic acids is 1. The molecule has 0 aliphatic carbocycles. The lowest BCUT2D eigenvalue weighted by Gasteiger charge is -2.16. The van der Waals surface area contributed by atoms with E-state index in [1.807, 2.05) is 14.1 Å². The van der Waals surface area contributed by atoms with Gasteiger partial charge in [0, 0.05) is 0 Å². The van der Waals surface area contributed by atoms with Crippen molar-refractivity contribution in [1.29, 1.82) is 0 Å². The number of hydrogen-bond donors (Lipinski definition) is 4. The van der Waals surface area contributed by atoms with Gasteiger partial charge in [0.05, 0.1) is 18.7 Å². The first-order chi connectivity index (χ1) is 6.10. The van der Waals surface area contributed by atoms with Crippen LogP contribution in [0.4, 0.5) is 0 Å². The van der Waals surface area contributed by atoms with E-state index < -0.39 is 12.1 Å². The summed E-state index contributed by atoms with van der Waals surface area (Å²) < 4.78 is 0. The van der Waals surface area contributed by atoms with Gasteiger partial charge >= 0.3 is 5.97 Å². The van der Waals surface area contributed by atoms with E-state index in [2.05, 4.69) is 10.6 Å². The maximum atomic E-state index is 10.2. The van der Waals surface area contributed by atoms with Gasteiger partial charge in [-0.3, -0.25) is 4.79 Å². The Kier molecular flexibility index (Phi) is 6.48. The fraction of sp³-hybridized carbons (Fsp3) is 0.875. The van der Waals surface area contributed by atoms with E-state index in [1.165, 1.54) is 0 Å². The zero-order valence-electron chi connectivity index (χ0n) is 8.08. The standard InChI is InChI=1S/C8H18N2O3/c1-9-7(10-2)4-3-6(11)5-8(12)13/h6-7,9-11H,3-5H2,1-2H3,(H,12,13). The average Bonchev–Trinajstić information content (AvgIpc) is 2.05. The minimum Gasteiger partial charge on any atom is -0.481 e. The molecule has 0 aliphatic rings. The summed E-state index contributed by atoms with van der Waals surface area (Å²) in [4.78, 5) is 10.2. The molecule has 13 heavy (non-hydrogen) atoms. The van der Waals surface area contributed by atoms with Crippen LogP contribution in [-0.4, -0.2) is 42.5 Å². The lowest BCUT2D eigenvalue weighted by atomic mass is 10.1. The molecule has 0 rings (SSSR count). The maximum absolute atomic E-state index is 10.2. The van der Waals surface area contributed by atoms with Gasteiger partial charge in [0.15, 0.2) is 0 Å². The van der Waals surface area contributed by atoms with Gasteiger partial charge in [-0.25, -0.2) is 0 Å². The van der Waals surface area contributed by atoms with Crippen LogP contribution in [0.2, 0.25) is 0 Å². The molecule has 0 bridgehead atoms. The molecule has 0 fully saturated rings. The van der Waals surface area contributed by atoms with Gasteiger partial charge in [0.1, 0.15) is 0 Å². The predicted molar refractivity (Wildman–Crippen MR) is 49.4 cm³/mol. The summed E-state index contributed by atoms with van der Waals surface area (Å²) in [6, 6.07) is 0. The van der Waals surface area contributed by atoms with Crippen LogP contribution in [-0.2, 0) is 4.79 Å². The number of carboxylic acid groups (broad SMARTS) is 1. The highest BCUT2D eigenvalue weighted by Gasteiger charge is 2.11. The molecule has 0 aromatic heterocycles. The summed E-state index contributed by atoms with van der Waals surface area (Å²) in [5.74, 6) is -0.960. The van der Waals surface area contributed by atoms with E-state index in [0.717, 1.165) is 0 Å². The van der Waals surface area contributed by atoms with Gasteiger partial charge in [-0.15, -0.1) is 0 Å². The summed E-state index contributed by atoms with van der Waals surface area (Å²) in [6.07, 6.45) is 0.394. The molecule has 0 aromatic rings. The molecule has 0 heterocycles. The van der Waals surface area contributed by atoms with Crippen LogP contribution in [0.3, 0.4) is 0 Å². The van der Waals surface area contributed by atoms with Crippen LogP contribution in [0.5, 0.6) is 0 Å². The van der Waals surface area contributed by atoms with E-state index in [9.17, 15) is 9.90 Å². The van der Waals surface area contributed by atoms with E-state index >= 15 is 0 Å². The molecular formula is C8H18N2O3. The number of hydrogen-bond acceptors (Lipinski definition) is 4. The highest BCUT2D eigenvalue weighted by Crippen LogP contribution is 2.03. The first kappa shape index (κ1) is 12.3. The third-order valence-corrected chi connectivity index (χ3v) is 1.90. The average molecular weight is 190 g/mol. The number of rotatable bonds is 7. The van der Waals surface area contributed by atoms with Gasteiger partial charge in [-0.05, 0) is 26.9 Å². The SMILES string of the molecule is CNC(CCC(O)CC(=O)O)NC. The lowest BCUT2D eigenvalue weighted by Crippen LogP contribution is -2.38. The van der Waals surface area contributed by atoms with Crippen molar-refractivity contribution in [2.75, 3.05) is 14.1 Å². The minimum absolute atomic E-state index is 0.128. The lowest BCUT2D eigenvalue weighted by molar-refractivity contribution is -0.139. The fourth-order valence-corrected chi connectivity index (χ4v) is 1.10. The van der Waals surface area contributed by atoms with Gasteiger partial charge in [-0.1, -0.05) is 0 Å². The third kappa shape index (κ3) is 6.51. The molecular weight excluding hydrogens is 172 g/mol. The minimum atomic E-state index is -0.960. The highest BCUT2D eigenvalue weighted by molar-refractivity contribution is 5.67. The van der Waals surface area contributed by atoms with Gasteiger partial charge < -0.3 is 20.8 Å². The topological polar surface area (TPSA) is 81.6 Å². The summed E-state index contributed by atoms with van der Waals surface area (Å²) in [7, 11) is 3.62. The van der Waals surface area contributed by atoms with E-state index in [4.69, 9.17) is 5.11 Å². The van der Waals surface area contributed by atoms with Crippen molar-refractivity contribution in [2.45, 2.75) is 31.5 Å². The zero-order chi connectivity index (χ0) is 10.3. The Morgan fingerprint density at radius 3 is 2.23 bits per heavy atom. The summed E-state index contributed by atoms with van der Waals surface area (Å²) in [5.41, 5.74) is 0. The second kappa shape index (κ2) is 6.82. The van der Waals surface area contributed by atoms with Crippen LogP contribution in [0.15, 0.2) is 0 Å². The molecule has 1 unspecified atom stereocenters. The number of nitrogens with one attached hydrogen (secondary N) is 2. The van der Waals surface area contributed by atoms with Crippen LogP contribution in [0.1, 0.15) is 19.3 Å².